The van der Waals surface area contributed by atoms with Crippen LogP contribution in [0, 0.1) is 26.7 Å². The van der Waals surface area contributed by atoms with E-state index in [1.165, 1.54) is 0 Å². The normalized spacial score (nSPS) is 15.6. The fraction of sp³-hybridized carbons (Fsp3) is 0.429. The first-order chi connectivity index (χ1) is 13.3. The van der Waals surface area contributed by atoms with Crippen molar-refractivity contribution in [2.75, 3.05) is 19.6 Å². The van der Waals surface area contributed by atoms with Gasteiger partial charge in [-0.2, -0.15) is 0 Å². The summed E-state index contributed by atoms with van der Waals surface area (Å²) in [5.74, 6) is 0.205. The zero-order valence-electron chi connectivity index (χ0n) is 16.6. The minimum atomic E-state index is -3.55. The molecule has 0 radical (unpaired) electrons. The summed E-state index contributed by atoms with van der Waals surface area (Å²) in [7, 11) is -3.55. The second kappa shape index (κ2) is 8.41. The summed E-state index contributed by atoms with van der Waals surface area (Å²) in [4.78, 5) is 18.7. The van der Waals surface area contributed by atoms with E-state index in [9.17, 15) is 13.2 Å². The highest BCUT2D eigenvalue weighted by Crippen LogP contribution is 2.23. The Morgan fingerprint density at radius 1 is 1.18 bits per heavy atom. The molecular formula is C21H27N3O3S. The predicted molar refractivity (Wildman–Crippen MR) is 109 cm³/mol. The van der Waals surface area contributed by atoms with Gasteiger partial charge in [-0.15, -0.1) is 0 Å². The highest BCUT2D eigenvalue weighted by atomic mass is 32.2. The number of amides is 1. The molecule has 1 fully saturated rings. The summed E-state index contributed by atoms with van der Waals surface area (Å²) >= 11 is 0. The number of carbonyl (C=O) groups is 1. The number of aromatic nitrogens is 1. The van der Waals surface area contributed by atoms with E-state index in [0.717, 1.165) is 29.5 Å². The van der Waals surface area contributed by atoms with Gasteiger partial charge in [0.1, 0.15) is 0 Å². The Hall–Kier alpha value is -2.25. The van der Waals surface area contributed by atoms with Crippen molar-refractivity contribution in [2.45, 2.75) is 38.5 Å². The lowest BCUT2D eigenvalue weighted by Gasteiger charge is -2.32. The maximum atomic E-state index is 12.8. The van der Waals surface area contributed by atoms with E-state index in [0.29, 0.717) is 30.1 Å². The van der Waals surface area contributed by atoms with Crippen molar-refractivity contribution in [3.8, 4) is 0 Å². The molecule has 0 bridgehead atoms. The van der Waals surface area contributed by atoms with Gasteiger partial charge in [-0.3, -0.25) is 9.78 Å². The molecule has 0 unspecified atom stereocenters. The third-order valence-corrected chi connectivity index (χ3v) is 6.97. The first-order valence-electron chi connectivity index (χ1n) is 9.55. The number of hydrogen-bond donors (Lipinski definition) is 1. The summed E-state index contributed by atoms with van der Waals surface area (Å²) < 4.78 is 28.4. The zero-order valence-corrected chi connectivity index (χ0v) is 17.4. The fourth-order valence-corrected chi connectivity index (χ4v) is 5.47. The van der Waals surface area contributed by atoms with Gasteiger partial charge in [0, 0.05) is 32.0 Å². The number of piperidine rings is 1. The molecule has 28 heavy (non-hydrogen) atoms. The van der Waals surface area contributed by atoms with E-state index >= 15 is 0 Å². The van der Waals surface area contributed by atoms with Crippen molar-refractivity contribution in [3.63, 3.8) is 0 Å². The highest BCUT2D eigenvalue weighted by Gasteiger charge is 2.26. The van der Waals surface area contributed by atoms with Gasteiger partial charge in [0.15, 0.2) is 0 Å². The van der Waals surface area contributed by atoms with Gasteiger partial charge in [0.25, 0.3) is 5.91 Å². The maximum Gasteiger partial charge on any atom is 0.255 e. The lowest BCUT2D eigenvalue weighted by molar-refractivity contribution is 0.0691. The topological polar surface area (TPSA) is 79.4 Å². The molecule has 150 valence electrons. The van der Waals surface area contributed by atoms with Crippen LogP contribution in [0.5, 0.6) is 0 Å². The van der Waals surface area contributed by atoms with Crippen molar-refractivity contribution < 1.29 is 13.2 Å². The Balaban J connectivity index is 1.58. The minimum absolute atomic E-state index is 0.0157. The van der Waals surface area contributed by atoms with Crippen LogP contribution in [-0.2, 0) is 10.0 Å². The van der Waals surface area contributed by atoms with Crippen LogP contribution in [0.1, 0.15) is 39.9 Å². The van der Waals surface area contributed by atoms with E-state index in [2.05, 4.69) is 9.71 Å². The molecule has 1 aromatic carbocycles. The number of nitrogens with zero attached hydrogens (tertiary/aromatic N) is 2. The van der Waals surface area contributed by atoms with Crippen molar-refractivity contribution in [2.24, 2.45) is 5.92 Å². The second-order valence-electron chi connectivity index (χ2n) is 7.56. The summed E-state index contributed by atoms with van der Waals surface area (Å²) in [6.07, 6.45) is 4.78. The number of pyridine rings is 1. The zero-order chi connectivity index (χ0) is 20.3. The van der Waals surface area contributed by atoms with Crippen molar-refractivity contribution in [3.05, 3.63) is 58.9 Å². The molecule has 0 spiro atoms. The van der Waals surface area contributed by atoms with Gasteiger partial charge in [0.2, 0.25) is 10.0 Å². The number of sulfonamides is 1. The number of likely N-dealkylation sites (tertiary alicyclic amines) is 1. The van der Waals surface area contributed by atoms with E-state index in [4.69, 9.17) is 0 Å². The number of hydrogen-bond acceptors (Lipinski definition) is 4. The van der Waals surface area contributed by atoms with Gasteiger partial charge in [-0.1, -0.05) is 17.7 Å². The summed E-state index contributed by atoms with van der Waals surface area (Å²) in [5, 5.41) is 0. The number of rotatable bonds is 5. The molecule has 0 aliphatic carbocycles. The molecule has 3 rings (SSSR count). The number of benzene rings is 1. The Labute approximate surface area is 167 Å². The number of carbonyl (C=O) groups excluding carboxylic acids is 1. The second-order valence-corrected chi connectivity index (χ2v) is 9.26. The van der Waals surface area contributed by atoms with E-state index < -0.39 is 10.0 Å². The van der Waals surface area contributed by atoms with Crippen LogP contribution in [0.2, 0.25) is 0 Å². The first kappa shape index (κ1) is 20.5. The molecule has 1 N–H and O–H groups in total. The Morgan fingerprint density at radius 2 is 1.82 bits per heavy atom. The van der Waals surface area contributed by atoms with Crippen molar-refractivity contribution >= 4 is 15.9 Å². The van der Waals surface area contributed by atoms with E-state index in [-0.39, 0.29) is 11.8 Å². The quantitative estimate of drug-likeness (QED) is 0.836. The molecule has 7 heteroatoms. The predicted octanol–water partition coefficient (Wildman–Crippen LogP) is 2.84. The Bertz CT molecular complexity index is 927. The fourth-order valence-electron chi connectivity index (χ4n) is 3.90. The monoisotopic (exact) mass is 401 g/mol. The highest BCUT2D eigenvalue weighted by molar-refractivity contribution is 7.89. The van der Waals surface area contributed by atoms with Crippen molar-refractivity contribution in [1.82, 2.24) is 14.6 Å². The van der Waals surface area contributed by atoms with Crippen LogP contribution in [0.25, 0.3) is 0 Å². The number of nitrogens with one attached hydrogen (secondary N) is 1. The van der Waals surface area contributed by atoms with Crippen LogP contribution in [0.15, 0.2) is 41.6 Å². The van der Waals surface area contributed by atoms with Gasteiger partial charge < -0.3 is 4.90 Å². The van der Waals surface area contributed by atoms with E-state index in [1.54, 1.807) is 24.5 Å². The molecule has 1 aromatic heterocycles. The molecule has 1 aliphatic heterocycles. The molecule has 1 saturated heterocycles. The molecule has 1 amide bonds. The molecular weight excluding hydrogens is 374 g/mol. The van der Waals surface area contributed by atoms with Crippen LogP contribution in [0.4, 0.5) is 0 Å². The molecule has 1 aliphatic rings. The van der Waals surface area contributed by atoms with Crippen molar-refractivity contribution in [1.29, 1.82) is 0 Å². The van der Waals surface area contributed by atoms with Crippen LogP contribution in [0.3, 0.4) is 0 Å². The van der Waals surface area contributed by atoms with E-state index in [1.807, 2.05) is 37.8 Å². The standard InChI is InChI=1S/C21H27N3O3S/c1-15-11-16(2)20(17(3)12-15)28(26,27)23-13-18-6-9-24(10-7-18)21(25)19-5-4-8-22-14-19/h4-5,8,11-12,14,18,23H,6-7,9-10,13H2,1-3H3. The largest absolute Gasteiger partial charge is 0.339 e. The molecule has 0 atom stereocenters. The van der Waals surface area contributed by atoms with Gasteiger partial charge in [-0.25, -0.2) is 13.1 Å². The van der Waals surface area contributed by atoms with Crippen LogP contribution in [-0.4, -0.2) is 43.8 Å². The summed E-state index contributed by atoms with van der Waals surface area (Å²) in [6.45, 7) is 7.27. The van der Waals surface area contributed by atoms with Gasteiger partial charge >= 0.3 is 0 Å². The average molecular weight is 402 g/mol. The van der Waals surface area contributed by atoms with Gasteiger partial charge in [-0.05, 0) is 62.8 Å². The Kier molecular flexibility index (Phi) is 6.15. The lowest BCUT2D eigenvalue weighted by atomic mass is 9.97. The molecule has 2 heterocycles. The summed E-state index contributed by atoms with van der Waals surface area (Å²) in [5.41, 5.74) is 3.18. The minimum Gasteiger partial charge on any atom is -0.339 e. The first-order valence-corrected chi connectivity index (χ1v) is 11.0. The molecule has 2 aromatic rings. The maximum absolute atomic E-state index is 12.8. The SMILES string of the molecule is Cc1cc(C)c(S(=O)(=O)NCC2CCN(C(=O)c3cccnc3)CC2)c(C)c1. The molecule has 0 saturated carbocycles. The van der Waals surface area contributed by atoms with Crippen LogP contribution >= 0.6 is 0 Å². The number of aryl methyl sites for hydroxylation is 3. The third-order valence-electron chi connectivity index (χ3n) is 5.25. The lowest BCUT2D eigenvalue weighted by Crippen LogP contribution is -2.41. The molecule has 6 nitrogen and oxygen atoms in total. The average Bonchev–Trinajstić information content (AvgIpc) is 2.66. The van der Waals surface area contributed by atoms with Gasteiger partial charge in [0.05, 0.1) is 10.5 Å². The smallest absolute Gasteiger partial charge is 0.255 e. The Morgan fingerprint density at radius 3 is 2.39 bits per heavy atom. The third kappa shape index (κ3) is 4.59. The van der Waals surface area contributed by atoms with Crippen LogP contribution < -0.4 is 4.72 Å². The summed E-state index contributed by atoms with van der Waals surface area (Å²) in [6, 6.07) is 7.31.